The number of nitrogens with zero attached hydrogens (tertiary/aromatic N) is 1. The molecule has 0 atom stereocenters. The van der Waals surface area contributed by atoms with Crippen LogP contribution in [0, 0.1) is 0 Å². The lowest BCUT2D eigenvalue weighted by molar-refractivity contribution is -0.124. The highest BCUT2D eigenvalue weighted by Crippen LogP contribution is 2.21. The number of rotatable bonds is 5. The summed E-state index contributed by atoms with van der Waals surface area (Å²) in [6.45, 7) is -0.103. The van der Waals surface area contributed by atoms with E-state index in [1.807, 2.05) is 6.07 Å². The fraction of sp³-hybridized carbons (Fsp3) is 0.105. The van der Waals surface area contributed by atoms with Crippen LogP contribution < -0.4 is 5.32 Å². The number of carbonyl (C=O) groups excluding carboxylic acids is 2. The van der Waals surface area contributed by atoms with Crippen molar-refractivity contribution in [3.63, 3.8) is 0 Å². The average molecular weight is 389 g/mol. The molecule has 0 aliphatic rings. The largest absolute Gasteiger partial charge is 0.452 e. The first-order chi connectivity index (χ1) is 12.5. The van der Waals surface area contributed by atoms with Crippen molar-refractivity contribution in [3.05, 3.63) is 75.9 Å². The molecule has 0 unspecified atom stereocenters. The second-order valence-electron chi connectivity index (χ2n) is 5.49. The van der Waals surface area contributed by atoms with Gasteiger partial charge in [-0.3, -0.25) is 4.79 Å². The van der Waals surface area contributed by atoms with Gasteiger partial charge < -0.3 is 10.1 Å². The molecule has 2 aromatic carbocycles. The van der Waals surface area contributed by atoms with Crippen molar-refractivity contribution in [1.82, 2.24) is 10.3 Å². The van der Waals surface area contributed by atoms with E-state index in [9.17, 15) is 9.59 Å². The molecule has 132 valence electrons. The van der Waals surface area contributed by atoms with Crippen molar-refractivity contribution in [3.8, 4) is 0 Å². The molecule has 5 nitrogen and oxygen atoms in total. The van der Waals surface area contributed by atoms with Gasteiger partial charge in [0.25, 0.3) is 5.91 Å². The molecule has 26 heavy (non-hydrogen) atoms. The Morgan fingerprint density at radius 2 is 1.85 bits per heavy atom. The Hall–Kier alpha value is -2.63. The Bertz CT molecular complexity index is 976. The number of benzene rings is 2. The Morgan fingerprint density at radius 3 is 2.65 bits per heavy atom. The Balaban J connectivity index is 1.61. The molecular formula is C19H14Cl2N2O3. The number of hydrogen-bond acceptors (Lipinski definition) is 4. The van der Waals surface area contributed by atoms with Gasteiger partial charge in [-0.1, -0.05) is 53.5 Å². The molecule has 1 heterocycles. The van der Waals surface area contributed by atoms with E-state index in [2.05, 4.69) is 10.3 Å². The third kappa shape index (κ3) is 4.50. The van der Waals surface area contributed by atoms with Crippen LogP contribution in [0.3, 0.4) is 0 Å². The molecular weight excluding hydrogens is 375 g/mol. The van der Waals surface area contributed by atoms with Gasteiger partial charge in [-0.2, -0.15) is 0 Å². The summed E-state index contributed by atoms with van der Waals surface area (Å²) in [6, 6.07) is 15.6. The fourth-order valence-corrected chi connectivity index (χ4v) is 2.83. The smallest absolute Gasteiger partial charge is 0.339 e. The first-order valence-electron chi connectivity index (χ1n) is 7.76. The van der Waals surface area contributed by atoms with Crippen LogP contribution in [0.4, 0.5) is 0 Å². The lowest BCUT2D eigenvalue weighted by atomic mass is 10.1. The minimum Gasteiger partial charge on any atom is -0.452 e. The molecule has 0 spiro atoms. The second kappa shape index (κ2) is 8.17. The van der Waals surface area contributed by atoms with E-state index < -0.39 is 18.5 Å². The third-order valence-corrected chi connectivity index (χ3v) is 4.05. The second-order valence-corrected chi connectivity index (χ2v) is 6.32. The lowest BCUT2D eigenvalue weighted by Crippen LogP contribution is -2.28. The van der Waals surface area contributed by atoms with Crippen LogP contribution in [0.5, 0.6) is 0 Å². The van der Waals surface area contributed by atoms with Crippen LogP contribution in [0.15, 0.2) is 54.6 Å². The first-order valence-corrected chi connectivity index (χ1v) is 8.52. The van der Waals surface area contributed by atoms with Gasteiger partial charge in [0, 0.05) is 17.0 Å². The van der Waals surface area contributed by atoms with Gasteiger partial charge in [0.1, 0.15) is 5.15 Å². The summed E-state index contributed by atoms with van der Waals surface area (Å²) in [5, 5.41) is 4.05. The molecule has 0 bridgehead atoms. The molecule has 0 fully saturated rings. The van der Waals surface area contributed by atoms with Crippen LogP contribution in [0.25, 0.3) is 10.9 Å². The van der Waals surface area contributed by atoms with E-state index in [1.165, 1.54) is 6.07 Å². The molecule has 0 saturated carbocycles. The van der Waals surface area contributed by atoms with Crippen LogP contribution in [0.2, 0.25) is 10.2 Å². The predicted octanol–water partition coefficient (Wildman–Crippen LogP) is 4.01. The van der Waals surface area contributed by atoms with E-state index in [0.717, 1.165) is 5.56 Å². The third-order valence-electron chi connectivity index (χ3n) is 3.62. The normalized spacial score (nSPS) is 10.5. The number of hydrogen-bond donors (Lipinski definition) is 1. The van der Waals surface area contributed by atoms with Crippen molar-refractivity contribution in [1.29, 1.82) is 0 Å². The number of fused-ring (bicyclic) bond motifs is 1. The Kier molecular flexibility index (Phi) is 5.71. The molecule has 0 radical (unpaired) electrons. The number of para-hydroxylation sites is 1. The van der Waals surface area contributed by atoms with Gasteiger partial charge in [0.05, 0.1) is 11.1 Å². The standard InChI is InChI=1S/C19H14Cl2N2O3/c20-13-5-3-4-12(8-13)10-22-18(24)11-26-19(25)15-9-17(21)23-16-7-2-1-6-14(15)16/h1-9H,10-11H2,(H,22,24). The van der Waals surface area contributed by atoms with Gasteiger partial charge in [-0.05, 0) is 29.8 Å². The van der Waals surface area contributed by atoms with Gasteiger partial charge in [0.2, 0.25) is 0 Å². The maximum Gasteiger partial charge on any atom is 0.339 e. The monoisotopic (exact) mass is 388 g/mol. The maximum atomic E-state index is 12.3. The Labute approximate surface area is 159 Å². The lowest BCUT2D eigenvalue weighted by Gasteiger charge is -2.09. The number of amides is 1. The number of nitrogens with one attached hydrogen (secondary N) is 1. The molecule has 1 amide bonds. The summed E-state index contributed by atoms with van der Waals surface area (Å²) < 4.78 is 5.10. The number of pyridine rings is 1. The van der Waals surface area contributed by atoms with Crippen molar-refractivity contribution >= 4 is 46.0 Å². The zero-order valence-electron chi connectivity index (χ0n) is 13.5. The SMILES string of the molecule is O=C(COC(=O)c1cc(Cl)nc2ccccc12)NCc1cccc(Cl)c1. The molecule has 0 aliphatic heterocycles. The van der Waals surface area contributed by atoms with Crippen LogP contribution in [-0.4, -0.2) is 23.5 Å². The Morgan fingerprint density at radius 1 is 1.04 bits per heavy atom. The highest BCUT2D eigenvalue weighted by atomic mass is 35.5. The molecule has 0 aliphatic carbocycles. The van der Waals surface area contributed by atoms with E-state index in [4.69, 9.17) is 27.9 Å². The summed E-state index contributed by atoms with van der Waals surface area (Å²) in [7, 11) is 0. The van der Waals surface area contributed by atoms with Crippen LogP contribution >= 0.6 is 23.2 Å². The number of carbonyl (C=O) groups is 2. The van der Waals surface area contributed by atoms with E-state index >= 15 is 0 Å². The van der Waals surface area contributed by atoms with Gasteiger partial charge in [0.15, 0.2) is 6.61 Å². The van der Waals surface area contributed by atoms with Gasteiger partial charge in [-0.25, -0.2) is 9.78 Å². The summed E-state index contributed by atoms with van der Waals surface area (Å²) in [5.74, 6) is -1.05. The number of halogens is 2. The fourth-order valence-electron chi connectivity index (χ4n) is 2.42. The number of ether oxygens (including phenoxy) is 1. The number of esters is 1. The zero-order chi connectivity index (χ0) is 18.5. The summed E-state index contributed by atoms with van der Waals surface area (Å²) in [4.78, 5) is 28.4. The summed E-state index contributed by atoms with van der Waals surface area (Å²) in [5.41, 5.74) is 1.70. The molecule has 3 aromatic rings. The van der Waals surface area contributed by atoms with Crippen molar-refractivity contribution < 1.29 is 14.3 Å². The first kappa shape index (κ1) is 18.2. The van der Waals surface area contributed by atoms with E-state index in [1.54, 1.807) is 42.5 Å². The number of aromatic nitrogens is 1. The molecule has 1 N–H and O–H groups in total. The van der Waals surface area contributed by atoms with Crippen molar-refractivity contribution in [2.24, 2.45) is 0 Å². The molecule has 3 rings (SSSR count). The predicted molar refractivity (Wildman–Crippen MR) is 100 cm³/mol. The van der Waals surface area contributed by atoms with Crippen LogP contribution in [-0.2, 0) is 16.1 Å². The van der Waals surface area contributed by atoms with E-state index in [-0.39, 0.29) is 10.7 Å². The topological polar surface area (TPSA) is 68.3 Å². The summed E-state index contributed by atoms with van der Waals surface area (Å²) >= 11 is 11.8. The van der Waals surface area contributed by atoms with E-state index in [0.29, 0.717) is 22.5 Å². The molecule has 1 aromatic heterocycles. The van der Waals surface area contributed by atoms with Crippen molar-refractivity contribution in [2.45, 2.75) is 6.54 Å². The quantitative estimate of drug-likeness (QED) is 0.529. The van der Waals surface area contributed by atoms with Crippen LogP contribution in [0.1, 0.15) is 15.9 Å². The zero-order valence-corrected chi connectivity index (χ0v) is 15.1. The highest BCUT2D eigenvalue weighted by molar-refractivity contribution is 6.30. The molecule has 7 heteroatoms. The minimum atomic E-state index is -0.636. The maximum absolute atomic E-state index is 12.3. The average Bonchev–Trinajstić information content (AvgIpc) is 2.63. The van der Waals surface area contributed by atoms with Crippen molar-refractivity contribution in [2.75, 3.05) is 6.61 Å². The van der Waals surface area contributed by atoms with Gasteiger partial charge >= 0.3 is 5.97 Å². The highest BCUT2D eigenvalue weighted by Gasteiger charge is 2.15. The van der Waals surface area contributed by atoms with Gasteiger partial charge in [-0.15, -0.1) is 0 Å². The summed E-state index contributed by atoms with van der Waals surface area (Å²) in [6.07, 6.45) is 0. The minimum absolute atomic E-state index is 0.182. The molecule has 0 saturated heterocycles.